The summed E-state index contributed by atoms with van der Waals surface area (Å²) < 4.78 is 2.15. The summed E-state index contributed by atoms with van der Waals surface area (Å²) in [6, 6.07) is 5.42. The van der Waals surface area contributed by atoms with Gasteiger partial charge >= 0.3 is 6.09 Å². The minimum absolute atomic E-state index is 0.336. The summed E-state index contributed by atoms with van der Waals surface area (Å²) in [5.41, 5.74) is 7.87. The number of amides is 2. The lowest BCUT2D eigenvalue weighted by molar-refractivity contribution is 0.100. The smallest absolute Gasteiger partial charge is 0.404 e. The van der Waals surface area contributed by atoms with E-state index >= 15 is 0 Å². The SMILES string of the molecule is CCCCn1cc(CCNC(=O)O)c2cc(C(N)=O)ccc21. The molecule has 0 saturated heterocycles. The fraction of sp³-hybridized carbons (Fsp3) is 0.375. The molecule has 1 heterocycles. The zero-order valence-corrected chi connectivity index (χ0v) is 12.6. The van der Waals surface area contributed by atoms with Crippen LogP contribution in [0.15, 0.2) is 24.4 Å². The van der Waals surface area contributed by atoms with Gasteiger partial charge in [-0.05, 0) is 36.6 Å². The van der Waals surface area contributed by atoms with Gasteiger partial charge in [-0.3, -0.25) is 4.79 Å². The van der Waals surface area contributed by atoms with Crippen molar-refractivity contribution >= 4 is 22.9 Å². The third-order valence-corrected chi connectivity index (χ3v) is 3.67. The molecule has 1 aromatic heterocycles. The number of nitrogens with two attached hydrogens (primary N) is 1. The Hall–Kier alpha value is -2.50. The van der Waals surface area contributed by atoms with Crippen LogP contribution in [-0.4, -0.2) is 28.2 Å². The van der Waals surface area contributed by atoms with Crippen LogP contribution in [0.4, 0.5) is 4.79 Å². The fourth-order valence-electron chi connectivity index (χ4n) is 2.54. The van der Waals surface area contributed by atoms with Crippen molar-refractivity contribution < 1.29 is 14.7 Å². The zero-order valence-electron chi connectivity index (χ0n) is 12.6. The summed E-state index contributed by atoms with van der Waals surface area (Å²) in [5, 5.41) is 12.0. The highest BCUT2D eigenvalue weighted by molar-refractivity contribution is 5.98. The Morgan fingerprint density at radius 3 is 2.77 bits per heavy atom. The lowest BCUT2D eigenvalue weighted by Crippen LogP contribution is -2.23. The number of carbonyl (C=O) groups is 2. The average molecular weight is 303 g/mol. The Balaban J connectivity index is 2.36. The molecule has 2 amide bonds. The van der Waals surface area contributed by atoms with Crippen LogP contribution in [-0.2, 0) is 13.0 Å². The number of carboxylic acid groups (broad SMARTS) is 1. The van der Waals surface area contributed by atoms with Crippen molar-refractivity contribution in [2.75, 3.05) is 6.54 Å². The van der Waals surface area contributed by atoms with Crippen molar-refractivity contribution in [2.24, 2.45) is 5.73 Å². The zero-order chi connectivity index (χ0) is 16.1. The maximum Gasteiger partial charge on any atom is 0.404 e. The van der Waals surface area contributed by atoms with Crippen molar-refractivity contribution in [2.45, 2.75) is 32.7 Å². The molecule has 0 saturated carbocycles. The van der Waals surface area contributed by atoms with Crippen LogP contribution in [0.25, 0.3) is 10.9 Å². The van der Waals surface area contributed by atoms with Gasteiger partial charge in [-0.25, -0.2) is 4.79 Å². The molecule has 2 aromatic rings. The van der Waals surface area contributed by atoms with Gasteiger partial charge < -0.3 is 20.7 Å². The number of carbonyl (C=O) groups excluding carboxylic acids is 1. The minimum Gasteiger partial charge on any atom is -0.465 e. The Morgan fingerprint density at radius 2 is 2.14 bits per heavy atom. The number of aromatic nitrogens is 1. The number of fused-ring (bicyclic) bond motifs is 1. The second kappa shape index (κ2) is 6.98. The van der Waals surface area contributed by atoms with Crippen molar-refractivity contribution in [3.05, 3.63) is 35.5 Å². The number of rotatable bonds is 7. The average Bonchev–Trinajstić information content (AvgIpc) is 2.82. The van der Waals surface area contributed by atoms with Crippen molar-refractivity contribution in [1.29, 1.82) is 0 Å². The molecule has 1 aromatic carbocycles. The molecule has 0 radical (unpaired) electrons. The van der Waals surface area contributed by atoms with E-state index in [0.717, 1.165) is 35.9 Å². The van der Waals surface area contributed by atoms with E-state index in [4.69, 9.17) is 10.8 Å². The molecule has 2 rings (SSSR count). The summed E-state index contributed by atoms with van der Waals surface area (Å²) in [6.45, 7) is 3.37. The van der Waals surface area contributed by atoms with Crippen LogP contribution in [0.3, 0.4) is 0 Å². The number of aryl methyl sites for hydroxylation is 1. The van der Waals surface area contributed by atoms with E-state index in [1.54, 1.807) is 12.1 Å². The van der Waals surface area contributed by atoms with Crippen LogP contribution in [0.5, 0.6) is 0 Å². The number of nitrogens with zero attached hydrogens (tertiary/aromatic N) is 1. The van der Waals surface area contributed by atoms with E-state index < -0.39 is 12.0 Å². The molecule has 0 unspecified atom stereocenters. The molecule has 4 N–H and O–H groups in total. The second-order valence-electron chi connectivity index (χ2n) is 5.28. The molecule has 0 aliphatic carbocycles. The van der Waals surface area contributed by atoms with Crippen LogP contribution in [0.2, 0.25) is 0 Å². The Bertz CT molecular complexity index is 691. The predicted octanol–water partition coefficient (Wildman–Crippen LogP) is 2.35. The molecular weight excluding hydrogens is 282 g/mol. The first-order valence-electron chi connectivity index (χ1n) is 7.41. The van der Waals surface area contributed by atoms with Gasteiger partial charge in [0.05, 0.1) is 0 Å². The lowest BCUT2D eigenvalue weighted by Gasteiger charge is -2.04. The normalized spacial score (nSPS) is 10.8. The monoisotopic (exact) mass is 303 g/mol. The number of primary amides is 1. The number of benzene rings is 1. The summed E-state index contributed by atoms with van der Waals surface area (Å²) in [6.07, 6.45) is 3.73. The van der Waals surface area contributed by atoms with Gasteiger partial charge in [0.2, 0.25) is 5.91 Å². The van der Waals surface area contributed by atoms with E-state index in [-0.39, 0.29) is 0 Å². The molecule has 118 valence electrons. The standard InChI is InChI=1S/C16H21N3O3/c1-2-3-8-19-10-12(6-7-18-16(21)22)13-9-11(15(17)20)4-5-14(13)19/h4-5,9-10,18H,2-3,6-8H2,1H3,(H2,17,20)(H,21,22). The van der Waals surface area contributed by atoms with E-state index in [1.807, 2.05) is 12.3 Å². The Kier molecular flexibility index (Phi) is 5.04. The number of nitrogens with one attached hydrogen (secondary N) is 1. The number of unbranched alkanes of at least 4 members (excludes halogenated alkanes) is 1. The highest BCUT2D eigenvalue weighted by Gasteiger charge is 2.11. The molecule has 0 bridgehead atoms. The van der Waals surface area contributed by atoms with Crippen molar-refractivity contribution in [1.82, 2.24) is 9.88 Å². The molecule has 6 heteroatoms. The van der Waals surface area contributed by atoms with Crippen LogP contribution in [0.1, 0.15) is 35.7 Å². The molecule has 22 heavy (non-hydrogen) atoms. The third kappa shape index (κ3) is 3.58. The molecule has 6 nitrogen and oxygen atoms in total. The molecule has 0 fully saturated rings. The van der Waals surface area contributed by atoms with Crippen molar-refractivity contribution in [3.8, 4) is 0 Å². The summed E-state index contributed by atoms with van der Waals surface area (Å²) in [7, 11) is 0. The largest absolute Gasteiger partial charge is 0.465 e. The fourth-order valence-corrected chi connectivity index (χ4v) is 2.54. The molecule has 0 aliphatic rings. The molecule has 0 atom stereocenters. The summed E-state index contributed by atoms with van der Waals surface area (Å²) >= 11 is 0. The second-order valence-corrected chi connectivity index (χ2v) is 5.28. The minimum atomic E-state index is -1.03. The van der Waals surface area contributed by atoms with Crippen LogP contribution < -0.4 is 11.1 Å². The van der Waals surface area contributed by atoms with Crippen molar-refractivity contribution in [3.63, 3.8) is 0 Å². The van der Waals surface area contributed by atoms with E-state index in [0.29, 0.717) is 18.5 Å². The first-order chi connectivity index (χ1) is 10.5. The Morgan fingerprint density at radius 1 is 1.36 bits per heavy atom. The van der Waals surface area contributed by atoms with Gasteiger partial charge in [0, 0.05) is 35.8 Å². The first-order valence-corrected chi connectivity index (χ1v) is 7.41. The lowest BCUT2D eigenvalue weighted by atomic mass is 10.1. The molecule has 0 spiro atoms. The quantitative estimate of drug-likeness (QED) is 0.732. The van der Waals surface area contributed by atoms with Crippen LogP contribution in [0, 0.1) is 0 Å². The first kappa shape index (κ1) is 15.9. The van der Waals surface area contributed by atoms with Crippen LogP contribution >= 0.6 is 0 Å². The number of hydrogen-bond donors (Lipinski definition) is 3. The molecule has 0 aliphatic heterocycles. The number of hydrogen-bond acceptors (Lipinski definition) is 2. The third-order valence-electron chi connectivity index (χ3n) is 3.67. The highest BCUT2D eigenvalue weighted by atomic mass is 16.4. The van der Waals surface area contributed by atoms with E-state index in [9.17, 15) is 9.59 Å². The van der Waals surface area contributed by atoms with Gasteiger partial charge in [0.1, 0.15) is 0 Å². The topological polar surface area (TPSA) is 97.3 Å². The highest BCUT2D eigenvalue weighted by Crippen LogP contribution is 2.24. The van der Waals surface area contributed by atoms with E-state index in [1.165, 1.54) is 0 Å². The van der Waals surface area contributed by atoms with Gasteiger partial charge in [-0.15, -0.1) is 0 Å². The van der Waals surface area contributed by atoms with Gasteiger partial charge in [-0.2, -0.15) is 0 Å². The van der Waals surface area contributed by atoms with Gasteiger partial charge in [0.15, 0.2) is 0 Å². The maximum absolute atomic E-state index is 11.4. The Labute approximate surface area is 128 Å². The summed E-state index contributed by atoms with van der Waals surface area (Å²) in [5.74, 6) is -0.460. The van der Waals surface area contributed by atoms with Gasteiger partial charge in [0.25, 0.3) is 0 Å². The van der Waals surface area contributed by atoms with Gasteiger partial charge in [-0.1, -0.05) is 13.3 Å². The van der Waals surface area contributed by atoms with E-state index in [2.05, 4.69) is 16.8 Å². The predicted molar refractivity (Wildman–Crippen MR) is 85.1 cm³/mol. The maximum atomic E-state index is 11.4. The summed E-state index contributed by atoms with van der Waals surface area (Å²) in [4.78, 5) is 21.9. The molecular formula is C16H21N3O3.